The smallest absolute Gasteiger partial charge is 0.303 e. The number of carboxylic acids is 2. The average Bonchev–Trinajstić information content (AvgIpc) is 3.30. The number of aliphatic imine (C=N–C) groups is 1. The van der Waals surface area contributed by atoms with E-state index >= 15 is 0 Å². The lowest BCUT2D eigenvalue weighted by molar-refractivity contribution is -0.138. The van der Waals surface area contributed by atoms with Gasteiger partial charge in [-0.25, -0.2) is 4.99 Å². The lowest BCUT2D eigenvalue weighted by atomic mass is 10.0. The Balaban J connectivity index is 2.19. The SMILES string of the molecule is C=CC1=C(C)C(/C=c2\[nH]/c(=C/c3[nH]c(O)c(C)c3CCC(=O)O)c(CCC(=O)O)c2C)=NC1=O. The molecule has 0 fully saturated rings. The molecule has 0 aromatic carbocycles. The van der Waals surface area contributed by atoms with E-state index in [1.807, 2.05) is 6.92 Å². The third-order valence-electron chi connectivity index (χ3n) is 6.03. The van der Waals surface area contributed by atoms with Crippen molar-refractivity contribution in [3.05, 3.63) is 62.4 Å². The van der Waals surface area contributed by atoms with E-state index in [-0.39, 0.29) is 37.5 Å². The molecule has 3 rings (SSSR count). The highest BCUT2D eigenvalue weighted by molar-refractivity contribution is 6.31. The van der Waals surface area contributed by atoms with E-state index in [1.54, 1.807) is 26.0 Å². The van der Waals surface area contributed by atoms with Crippen LogP contribution in [0.15, 0.2) is 28.8 Å². The maximum absolute atomic E-state index is 12.1. The first kappa shape index (κ1) is 24.5. The van der Waals surface area contributed by atoms with Gasteiger partial charge in [-0.15, -0.1) is 0 Å². The zero-order valence-corrected chi connectivity index (χ0v) is 19.3. The molecule has 9 heteroatoms. The molecule has 0 unspecified atom stereocenters. The van der Waals surface area contributed by atoms with Gasteiger partial charge in [0, 0.05) is 40.4 Å². The van der Waals surface area contributed by atoms with E-state index in [0.717, 1.165) is 11.1 Å². The first-order valence-corrected chi connectivity index (χ1v) is 10.7. The molecule has 9 nitrogen and oxygen atoms in total. The Bertz CT molecular complexity index is 1380. The summed E-state index contributed by atoms with van der Waals surface area (Å²) in [5, 5.41) is 29.8. The van der Waals surface area contributed by atoms with Crippen molar-refractivity contribution < 1.29 is 29.7 Å². The second-order valence-electron chi connectivity index (χ2n) is 8.17. The molecule has 0 atom stereocenters. The predicted molar refractivity (Wildman–Crippen MR) is 127 cm³/mol. The molecule has 34 heavy (non-hydrogen) atoms. The zero-order valence-electron chi connectivity index (χ0n) is 19.3. The van der Waals surface area contributed by atoms with Gasteiger partial charge in [-0.2, -0.15) is 0 Å². The maximum Gasteiger partial charge on any atom is 0.303 e. The Kier molecular flexibility index (Phi) is 7.05. The van der Waals surface area contributed by atoms with Crippen LogP contribution in [0.4, 0.5) is 0 Å². The largest absolute Gasteiger partial charge is 0.494 e. The lowest BCUT2D eigenvalue weighted by Gasteiger charge is -2.01. The van der Waals surface area contributed by atoms with Crippen LogP contribution in [-0.2, 0) is 27.2 Å². The van der Waals surface area contributed by atoms with Gasteiger partial charge < -0.3 is 25.3 Å². The molecule has 3 heterocycles. The number of carbonyl (C=O) groups is 3. The molecule has 1 amide bonds. The molecule has 5 N–H and O–H groups in total. The first-order valence-electron chi connectivity index (χ1n) is 10.7. The zero-order chi connectivity index (χ0) is 25.2. The third kappa shape index (κ3) is 4.93. The van der Waals surface area contributed by atoms with Crippen molar-refractivity contribution in [2.24, 2.45) is 4.99 Å². The Hall–Kier alpha value is -4.14. The third-order valence-corrected chi connectivity index (χ3v) is 6.03. The minimum absolute atomic E-state index is 0.0506. The summed E-state index contributed by atoms with van der Waals surface area (Å²) < 4.78 is 0. The van der Waals surface area contributed by atoms with Crippen LogP contribution in [0.1, 0.15) is 47.7 Å². The normalized spacial score (nSPS) is 14.8. The topological polar surface area (TPSA) is 156 Å². The second kappa shape index (κ2) is 9.78. The molecule has 0 aliphatic carbocycles. The molecule has 178 valence electrons. The van der Waals surface area contributed by atoms with E-state index in [0.29, 0.717) is 44.4 Å². The molecule has 0 radical (unpaired) electrons. The fraction of sp³-hybridized carbons (Fsp3) is 0.280. The quantitative estimate of drug-likeness (QED) is 0.380. The minimum Gasteiger partial charge on any atom is -0.494 e. The van der Waals surface area contributed by atoms with Crippen LogP contribution in [0, 0.1) is 13.8 Å². The van der Waals surface area contributed by atoms with E-state index < -0.39 is 11.9 Å². The van der Waals surface area contributed by atoms with Crippen molar-refractivity contribution in [3.63, 3.8) is 0 Å². The highest BCUT2D eigenvalue weighted by Crippen LogP contribution is 2.25. The number of allylic oxidation sites excluding steroid dienone is 1. The number of rotatable bonds is 9. The summed E-state index contributed by atoms with van der Waals surface area (Å²) in [6.07, 6.45) is 5.25. The van der Waals surface area contributed by atoms with Crippen LogP contribution in [0.25, 0.3) is 12.2 Å². The van der Waals surface area contributed by atoms with Crippen molar-refractivity contribution in [2.75, 3.05) is 0 Å². The van der Waals surface area contributed by atoms with Gasteiger partial charge in [0.2, 0.25) is 0 Å². The number of H-pyrrole nitrogens is 2. The van der Waals surface area contributed by atoms with E-state index in [9.17, 15) is 24.6 Å². The number of aliphatic carboxylic acids is 2. The summed E-state index contributed by atoms with van der Waals surface area (Å²) in [6.45, 7) is 8.99. The Labute approximate surface area is 195 Å². The molecule has 1 aliphatic rings. The van der Waals surface area contributed by atoms with Crippen LogP contribution >= 0.6 is 0 Å². The highest BCUT2D eigenvalue weighted by Gasteiger charge is 2.20. The number of aromatic hydroxyl groups is 1. The van der Waals surface area contributed by atoms with Gasteiger partial charge in [-0.05, 0) is 68.0 Å². The monoisotopic (exact) mass is 465 g/mol. The van der Waals surface area contributed by atoms with Crippen LogP contribution in [0.2, 0.25) is 0 Å². The number of amides is 1. The molecule has 1 aliphatic heterocycles. The van der Waals surface area contributed by atoms with Gasteiger partial charge in [0.05, 0.1) is 5.71 Å². The number of nitrogens with one attached hydrogen (secondary N) is 2. The lowest BCUT2D eigenvalue weighted by Crippen LogP contribution is -2.14. The van der Waals surface area contributed by atoms with Crippen LogP contribution in [-0.4, -0.2) is 48.8 Å². The van der Waals surface area contributed by atoms with Crippen molar-refractivity contribution in [1.82, 2.24) is 9.97 Å². The molecule has 0 spiro atoms. The second-order valence-corrected chi connectivity index (χ2v) is 8.17. The number of carbonyl (C=O) groups excluding carboxylic acids is 1. The van der Waals surface area contributed by atoms with Gasteiger partial charge >= 0.3 is 11.9 Å². The molecule has 2 aromatic heterocycles. The van der Waals surface area contributed by atoms with Crippen LogP contribution in [0.3, 0.4) is 0 Å². The fourth-order valence-electron chi connectivity index (χ4n) is 4.03. The standard InChI is InChI=1S/C25H27N3O6/c1-5-15-12(2)19(27-25(15)34)10-18-13(3)16(6-8-22(29)30)20(26-18)11-21-17(7-9-23(31)32)14(4)24(33)28-21/h5,10-11,26,28,33H,1,6-9H2,2-4H3,(H,29,30)(H,31,32)/b18-10-,20-11+. The Morgan fingerprint density at radius 1 is 0.941 bits per heavy atom. The van der Waals surface area contributed by atoms with E-state index in [1.165, 1.54) is 6.08 Å². The molecule has 0 bridgehead atoms. The number of aromatic amines is 2. The Morgan fingerprint density at radius 2 is 1.56 bits per heavy atom. The van der Waals surface area contributed by atoms with Gasteiger partial charge in [0.1, 0.15) is 0 Å². The summed E-state index contributed by atoms with van der Waals surface area (Å²) in [7, 11) is 0. The Morgan fingerprint density at radius 3 is 2.12 bits per heavy atom. The molecule has 0 saturated carbocycles. The molecule has 0 saturated heterocycles. The summed E-state index contributed by atoms with van der Waals surface area (Å²) in [5.74, 6) is -2.30. The summed E-state index contributed by atoms with van der Waals surface area (Å²) in [5.41, 5.74) is 4.98. The molecule has 2 aromatic rings. The fourth-order valence-corrected chi connectivity index (χ4v) is 4.03. The molecular formula is C25H27N3O6. The van der Waals surface area contributed by atoms with Crippen molar-refractivity contribution in [3.8, 4) is 5.88 Å². The van der Waals surface area contributed by atoms with Gasteiger partial charge in [0.15, 0.2) is 5.88 Å². The highest BCUT2D eigenvalue weighted by atomic mass is 16.4. The minimum atomic E-state index is -0.949. The summed E-state index contributed by atoms with van der Waals surface area (Å²) in [4.78, 5) is 44.6. The van der Waals surface area contributed by atoms with Crippen molar-refractivity contribution in [1.29, 1.82) is 0 Å². The number of carboxylic acid groups (broad SMARTS) is 2. The van der Waals surface area contributed by atoms with E-state index in [4.69, 9.17) is 5.11 Å². The summed E-state index contributed by atoms with van der Waals surface area (Å²) >= 11 is 0. The maximum atomic E-state index is 12.1. The number of hydrogen-bond donors (Lipinski definition) is 5. The summed E-state index contributed by atoms with van der Waals surface area (Å²) in [6, 6.07) is 0. The average molecular weight is 466 g/mol. The molecular weight excluding hydrogens is 438 g/mol. The van der Waals surface area contributed by atoms with Gasteiger partial charge in [-0.3, -0.25) is 14.4 Å². The van der Waals surface area contributed by atoms with Crippen LogP contribution in [0.5, 0.6) is 5.88 Å². The van der Waals surface area contributed by atoms with Crippen molar-refractivity contribution >= 4 is 35.7 Å². The van der Waals surface area contributed by atoms with Crippen molar-refractivity contribution in [2.45, 2.75) is 46.5 Å². The van der Waals surface area contributed by atoms with Gasteiger partial charge in [0.25, 0.3) is 5.91 Å². The first-order chi connectivity index (χ1) is 16.0. The number of hydrogen-bond acceptors (Lipinski definition) is 4. The van der Waals surface area contributed by atoms with Gasteiger partial charge in [-0.1, -0.05) is 12.7 Å². The van der Waals surface area contributed by atoms with E-state index in [2.05, 4.69) is 21.5 Å². The number of nitrogens with zero attached hydrogens (tertiary/aromatic N) is 1. The number of aromatic nitrogens is 2. The van der Waals surface area contributed by atoms with Crippen LogP contribution < -0.4 is 10.7 Å². The predicted octanol–water partition coefficient (Wildman–Crippen LogP) is 1.79.